The van der Waals surface area contributed by atoms with Crippen LogP contribution in [0.1, 0.15) is 37.7 Å². The fourth-order valence-corrected chi connectivity index (χ4v) is 3.88. The molecular formula is C19H26N4O. The maximum Gasteiger partial charge on any atom is 0.210 e. The molecule has 0 atom stereocenters. The van der Waals surface area contributed by atoms with Crippen molar-refractivity contribution in [3.05, 3.63) is 35.9 Å². The zero-order valence-corrected chi connectivity index (χ0v) is 14.2. The summed E-state index contributed by atoms with van der Waals surface area (Å²) in [5, 5.41) is 12.5. The van der Waals surface area contributed by atoms with E-state index in [9.17, 15) is 0 Å². The average molecular weight is 326 g/mol. The molecule has 0 unspecified atom stereocenters. The molecule has 1 N–H and O–H groups in total. The van der Waals surface area contributed by atoms with E-state index in [0.717, 1.165) is 19.6 Å². The average Bonchev–Trinajstić information content (AvgIpc) is 2.67. The van der Waals surface area contributed by atoms with Crippen molar-refractivity contribution in [1.82, 2.24) is 10.2 Å². The second-order valence-corrected chi connectivity index (χ2v) is 6.70. The first kappa shape index (κ1) is 16.8. The van der Waals surface area contributed by atoms with Crippen LogP contribution in [0.25, 0.3) is 0 Å². The van der Waals surface area contributed by atoms with Crippen LogP contribution in [0, 0.1) is 11.5 Å². The van der Waals surface area contributed by atoms with Gasteiger partial charge in [-0.25, -0.2) is 0 Å². The third-order valence-corrected chi connectivity index (χ3v) is 5.25. The SMILES string of the molecule is N#C/N=C(/NCC1(c2ccccc2)CCCCC1)N1CCOCC1. The van der Waals surface area contributed by atoms with Gasteiger partial charge in [-0.2, -0.15) is 5.26 Å². The summed E-state index contributed by atoms with van der Waals surface area (Å²) in [6.45, 7) is 3.78. The minimum Gasteiger partial charge on any atom is -0.378 e. The predicted octanol–water partition coefficient (Wildman–Crippen LogP) is 2.65. The van der Waals surface area contributed by atoms with E-state index in [1.165, 1.54) is 37.7 Å². The van der Waals surface area contributed by atoms with Gasteiger partial charge < -0.3 is 15.0 Å². The molecule has 1 heterocycles. The van der Waals surface area contributed by atoms with Crippen LogP contribution in [0.3, 0.4) is 0 Å². The molecule has 3 rings (SSSR count). The van der Waals surface area contributed by atoms with Crippen molar-refractivity contribution in [2.24, 2.45) is 4.99 Å². The lowest BCUT2D eigenvalue weighted by Crippen LogP contribution is -2.51. The van der Waals surface area contributed by atoms with Gasteiger partial charge in [0, 0.05) is 25.0 Å². The number of rotatable bonds is 3. The van der Waals surface area contributed by atoms with E-state index in [1.54, 1.807) is 0 Å². The highest BCUT2D eigenvalue weighted by Crippen LogP contribution is 2.38. The van der Waals surface area contributed by atoms with Gasteiger partial charge in [0.2, 0.25) is 12.2 Å². The Hall–Kier alpha value is -2.06. The molecule has 24 heavy (non-hydrogen) atoms. The minimum absolute atomic E-state index is 0.141. The summed E-state index contributed by atoms with van der Waals surface area (Å²) in [5.41, 5.74) is 1.54. The second-order valence-electron chi connectivity index (χ2n) is 6.70. The summed E-state index contributed by atoms with van der Waals surface area (Å²) in [6, 6.07) is 10.8. The van der Waals surface area contributed by atoms with Gasteiger partial charge in [-0.15, -0.1) is 4.99 Å². The third kappa shape index (κ3) is 3.88. The quantitative estimate of drug-likeness (QED) is 0.527. The van der Waals surface area contributed by atoms with Crippen molar-refractivity contribution in [3.8, 4) is 6.19 Å². The van der Waals surface area contributed by atoms with E-state index in [-0.39, 0.29) is 5.41 Å². The maximum atomic E-state index is 9.05. The first-order valence-corrected chi connectivity index (χ1v) is 8.93. The van der Waals surface area contributed by atoms with Crippen molar-refractivity contribution in [2.45, 2.75) is 37.5 Å². The fourth-order valence-electron chi connectivity index (χ4n) is 3.88. The van der Waals surface area contributed by atoms with Crippen molar-refractivity contribution in [2.75, 3.05) is 32.8 Å². The highest BCUT2D eigenvalue weighted by Gasteiger charge is 2.34. The predicted molar refractivity (Wildman–Crippen MR) is 94.6 cm³/mol. The van der Waals surface area contributed by atoms with Crippen LogP contribution in [0.15, 0.2) is 35.3 Å². The lowest BCUT2D eigenvalue weighted by atomic mass is 9.69. The van der Waals surface area contributed by atoms with Gasteiger partial charge in [-0.05, 0) is 18.4 Å². The third-order valence-electron chi connectivity index (χ3n) is 5.25. The highest BCUT2D eigenvalue weighted by atomic mass is 16.5. The van der Waals surface area contributed by atoms with E-state index in [1.807, 2.05) is 6.19 Å². The van der Waals surface area contributed by atoms with Gasteiger partial charge in [-0.1, -0.05) is 49.6 Å². The number of nitrogens with one attached hydrogen (secondary N) is 1. The number of benzene rings is 1. The standard InChI is InChI=1S/C19H26N4O/c20-16-22-18(23-11-13-24-14-12-23)21-15-19(9-5-2-6-10-19)17-7-3-1-4-8-17/h1,3-4,7-8H,2,5-6,9-15H2,(H,21,22). The Labute approximate surface area is 144 Å². The molecule has 0 aromatic heterocycles. The van der Waals surface area contributed by atoms with Crippen molar-refractivity contribution in [3.63, 3.8) is 0 Å². The van der Waals surface area contributed by atoms with Crippen LogP contribution < -0.4 is 5.32 Å². The molecule has 1 aliphatic heterocycles. The largest absolute Gasteiger partial charge is 0.378 e. The molecule has 1 aromatic carbocycles. The van der Waals surface area contributed by atoms with Gasteiger partial charge in [0.05, 0.1) is 13.2 Å². The molecule has 0 radical (unpaired) electrons. The van der Waals surface area contributed by atoms with Crippen LogP contribution in [0.5, 0.6) is 0 Å². The summed E-state index contributed by atoms with van der Waals surface area (Å²) >= 11 is 0. The van der Waals surface area contributed by atoms with Crippen molar-refractivity contribution in [1.29, 1.82) is 5.26 Å². The number of aliphatic imine (C=N–C) groups is 1. The van der Waals surface area contributed by atoms with Crippen LogP contribution >= 0.6 is 0 Å². The zero-order chi connectivity index (χ0) is 16.7. The molecule has 0 bridgehead atoms. The molecule has 1 aliphatic carbocycles. The molecular weight excluding hydrogens is 300 g/mol. The Balaban J connectivity index is 1.75. The second kappa shape index (κ2) is 8.16. The molecule has 2 aliphatic rings. The summed E-state index contributed by atoms with van der Waals surface area (Å²) < 4.78 is 5.40. The summed E-state index contributed by atoms with van der Waals surface area (Å²) in [6.07, 6.45) is 8.17. The van der Waals surface area contributed by atoms with E-state index < -0.39 is 0 Å². The molecule has 128 valence electrons. The number of morpholine rings is 1. The molecule has 1 aromatic rings. The molecule has 1 saturated heterocycles. The van der Waals surface area contributed by atoms with E-state index in [4.69, 9.17) is 10.00 Å². The summed E-state index contributed by atoms with van der Waals surface area (Å²) in [7, 11) is 0. The minimum atomic E-state index is 0.141. The molecule has 2 fully saturated rings. The van der Waals surface area contributed by atoms with Crippen molar-refractivity contribution < 1.29 is 4.74 Å². The van der Waals surface area contributed by atoms with Gasteiger partial charge in [0.25, 0.3) is 0 Å². The first-order valence-electron chi connectivity index (χ1n) is 8.93. The van der Waals surface area contributed by atoms with E-state index in [2.05, 4.69) is 45.5 Å². The maximum absolute atomic E-state index is 9.05. The van der Waals surface area contributed by atoms with Crippen LogP contribution in [0.4, 0.5) is 0 Å². The Bertz CT molecular complexity index is 581. The fraction of sp³-hybridized carbons (Fsp3) is 0.579. The Morgan fingerprint density at radius 3 is 2.54 bits per heavy atom. The van der Waals surface area contributed by atoms with Crippen molar-refractivity contribution >= 4 is 5.96 Å². The monoisotopic (exact) mass is 326 g/mol. The van der Waals surface area contributed by atoms with Gasteiger partial charge in [0.1, 0.15) is 0 Å². The number of nitriles is 1. The van der Waals surface area contributed by atoms with E-state index >= 15 is 0 Å². The molecule has 5 nitrogen and oxygen atoms in total. The smallest absolute Gasteiger partial charge is 0.210 e. The number of hydrogen-bond donors (Lipinski definition) is 1. The Kier molecular flexibility index (Phi) is 5.71. The Morgan fingerprint density at radius 1 is 1.17 bits per heavy atom. The van der Waals surface area contributed by atoms with Gasteiger partial charge in [0.15, 0.2) is 0 Å². The lowest BCUT2D eigenvalue weighted by Gasteiger charge is -2.39. The topological polar surface area (TPSA) is 60.7 Å². The number of ether oxygens (including phenoxy) is 1. The number of guanidine groups is 1. The number of hydrogen-bond acceptors (Lipinski definition) is 3. The summed E-state index contributed by atoms with van der Waals surface area (Å²) in [5.74, 6) is 0.696. The van der Waals surface area contributed by atoms with Gasteiger partial charge in [-0.3, -0.25) is 0 Å². The Morgan fingerprint density at radius 2 is 1.88 bits per heavy atom. The molecule has 1 saturated carbocycles. The van der Waals surface area contributed by atoms with Crippen LogP contribution in [-0.2, 0) is 10.2 Å². The molecule has 5 heteroatoms. The van der Waals surface area contributed by atoms with Gasteiger partial charge >= 0.3 is 0 Å². The van der Waals surface area contributed by atoms with Crippen LogP contribution in [0.2, 0.25) is 0 Å². The number of nitrogens with zero attached hydrogens (tertiary/aromatic N) is 3. The van der Waals surface area contributed by atoms with E-state index in [0.29, 0.717) is 19.2 Å². The molecule has 0 amide bonds. The highest BCUT2D eigenvalue weighted by molar-refractivity contribution is 5.81. The zero-order valence-electron chi connectivity index (χ0n) is 14.2. The first-order chi connectivity index (χ1) is 11.8. The normalized spacial score (nSPS) is 21.1. The summed E-state index contributed by atoms with van der Waals surface area (Å²) in [4.78, 5) is 6.16. The van der Waals surface area contributed by atoms with Crippen LogP contribution in [-0.4, -0.2) is 43.7 Å². The molecule has 0 spiro atoms. The lowest BCUT2D eigenvalue weighted by molar-refractivity contribution is 0.0663.